The van der Waals surface area contributed by atoms with Gasteiger partial charge >= 0.3 is 11.8 Å². The van der Waals surface area contributed by atoms with Crippen molar-refractivity contribution < 1.29 is 13.9 Å². The molecule has 1 heterocycles. The summed E-state index contributed by atoms with van der Waals surface area (Å²) in [6, 6.07) is 17.7. The lowest BCUT2D eigenvalue weighted by molar-refractivity contribution is 0.0899. The van der Waals surface area contributed by atoms with Gasteiger partial charge in [0.05, 0.1) is 13.5 Å². The Morgan fingerprint density at radius 1 is 1.11 bits per heavy atom. The molecule has 1 aromatic heterocycles. The van der Waals surface area contributed by atoms with Gasteiger partial charge in [-0.15, -0.1) is 10.2 Å². The number of carbonyl (C=O) groups is 1. The molecule has 27 heavy (non-hydrogen) atoms. The van der Waals surface area contributed by atoms with E-state index >= 15 is 0 Å². The molecule has 0 aliphatic rings. The average Bonchev–Trinajstić information content (AvgIpc) is 3.17. The Balaban J connectivity index is 1.63. The quantitative estimate of drug-likeness (QED) is 0.662. The average molecular weight is 365 g/mol. The summed E-state index contributed by atoms with van der Waals surface area (Å²) >= 11 is 0. The van der Waals surface area contributed by atoms with Gasteiger partial charge in [-0.2, -0.15) is 0 Å². The number of hydrogen-bond donors (Lipinski definition) is 1. The normalized spacial score (nSPS) is 11.8. The summed E-state index contributed by atoms with van der Waals surface area (Å²) in [5.74, 6) is 0.749. The zero-order valence-electron chi connectivity index (χ0n) is 15.5. The van der Waals surface area contributed by atoms with E-state index in [1.807, 2.05) is 61.5 Å². The fraction of sp³-hybridized carbons (Fsp3) is 0.286. The van der Waals surface area contributed by atoms with E-state index in [9.17, 15) is 4.79 Å². The molecule has 0 saturated carbocycles. The zero-order valence-corrected chi connectivity index (χ0v) is 15.5. The molecule has 0 aliphatic carbocycles. The van der Waals surface area contributed by atoms with E-state index in [1.165, 1.54) is 5.56 Å². The highest BCUT2D eigenvalue weighted by molar-refractivity contribution is 5.89. The minimum absolute atomic E-state index is 0.00414. The molecule has 0 spiro atoms. The van der Waals surface area contributed by atoms with Crippen molar-refractivity contribution in [3.05, 3.63) is 77.5 Å². The number of para-hydroxylation sites is 1. The van der Waals surface area contributed by atoms with Gasteiger partial charge in [0, 0.05) is 11.6 Å². The largest absolute Gasteiger partial charge is 0.496 e. The van der Waals surface area contributed by atoms with E-state index in [4.69, 9.17) is 9.15 Å². The van der Waals surface area contributed by atoms with Gasteiger partial charge < -0.3 is 14.5 Å². The van der Waals surface area contributed by atoms with E-state index in [-0.39, 0.29) is 17.8 Å². The Labute approximate surface area is 158 Å². The van der Waals surface area contributed by atoms with Crippen molar-refractivity contribution >= 4 is 5.91 Å². The number of amides is 1. The molecule has 0 radical (unpaired) electrons. The highest BCUT2D eigenvalue weighted by atomic mass is 16.5. The highest BCUT2D eigenvalue weighted by Gasteiger charge is 2.19. The van der Waals surface area contributed by atoms with Crippen LogP contribution in [0.3, 0.4) is 0 Å². The molecule has 1 amide bonds. The van der Waals surface area contributed by atoms with Crippen LogP contribution in [0.1, 0.15) is 41.0 Å². The van der Waals surface area contributed by atoms with Crippen molar-refractivity contribution in [2.45, 2.75) is 32.2 Å². The first kappa shape index (κ1) is 18.6. The molecular formula is C21H23N3O3. The molecule has 0 saturated heterocycles. The number of ether oxygens (including phenoxy) is 1. The Bertz CT molecular complexity index is 877. The van der Waals surface area contributed by atoms with E-state index in [2.05, 4.69) is 15.5 Å². The van der Waals surface area contributed by atoms with E-state index in [1.54, 1.807) is 7.11 Å². The van der Waals surface area contributed by atoms with E-state index < -0.39 is 0 Å². The first-order valence-electron chi connectivity index (χ1n) is 8.98. The Hall–Kier alpha value is -3.15. The van der Waals surface area contributed by atoms with Crippen LogP contribution in [0.25, 0.3) is 0 Å². The van der Waals surface area contributed by atoms with Crippen molar-refractivity contribution in [1.82, 2.24) is 15.5 Å². The van der Waals surface area contributed by atoms with Gasteiger partial charge in [-0.25, -0.2) is 0 Å². The van der Waals surface area contributed by atoms with Crippen LogP contribution in [0.15, 0.2) is 59.0 Å². The van der Waals surface area contributed by atoms with Crippen molar-refractivity contribution in [2.75, 3.05) is 7.11 Å². The van der Waals surface area contributed by atoms with Gasteiger partial charge in [0.1, 0.15) is 5.75 Å². The van der Waals surface area contributed by atoms with Crippen LogP contribution in [0.5, 0.6) is 5.75 Å². The molecule has 3 rings (SSSR count). The third kappa shape index (κ3) is 4.94. The molecule has 6 heteroatoms. The predicted octanol–water partition coefficient (Wildman–Crippen LogP) is 3.42. The standard InChI is InChI=1S/C21H23N3O3/c1-3-17(13-15-9-5-4-6-10-15)22-20(25)21-24-23-19(27-21)14-16-11-7-8-12-18(16)26-2/h4-12,17H,3,13-14H2,1-2H3,(H,22,25). The Kier molecular flexibility index (Phi) is 6.20. The van der Waals surface area contributed by atoms with Crippen LogP contribution in [0.2, 0.25) is 0 Å². The number of carbonyl (C=O) groups excluding carboxylic acids is 1. The second-order valence-corrected chi connectivity index (χ2v) is 6.26. The number of aromatic nitrogens is 2. The summed E-state index contributed by atoms with van der Waals surface area (Å²) in [4.78, 5) is 12.5. The number of nitrogens with zero attached hydrogens (tertiary/aromatic N) is 2. The number of nitrogens with one attached hydrogen (secondary N) is 1. The molecule has 1 atom stereocenters. The number of methoxy groups -OCH3 is 1. The maximum atomic E-state index is 12.5. The van der Waals surface area contributed by atoms with Crippen molar-refractivity contribution in [3.63, 3.8) is 0 Å². The van der Waals surface area contributed by atoms with Crippen LogP contribution >= 0.6 is 0 Å². The minimum atomic E-state index is -0.350. The van der Waals surface area contributed by atoms with Gasteiger partial charge in [0.25, 0.3) is 0 Å². The summed E-state index contributed by atoms with van der Waals surface area (Å²) < 4.78 is 10.9. The van der Waals surface area contributed by atoms with Crippen LogP contribution in [-0.2, 0) is 12.8 Å². The van der Waals surface area contributed by atoms with Crippen molar-refractivity contribution in [3.8, 4) is 5.75 Å². The lowest BCUT2D eigenvalue weighted by Crippen LogP contribution is -2.36. The lowest BCUT2D eigenvalue weighted by atomic mass is 10.0. The molecule has 0 fully saturated rings. The number of rotatable bonds is 8. The third-order valence-corrected chi connectivity index (χ3v) is 4.35. The lowest BCUT2D eigenvalue weighted by Gasteiger charge is -2.15. The first-order valence-corrected chi connectivity index (χ1v) is 8.98. The predicted molar refractivity (Wildman–Crippen MR) is 102 cm³/mol. The van der Waals surface area contributed by atoms with Gasteiger partial charge in [-0.3, -0.25) is 4.79 Å². The van der Waals surface area contributed by atoms with Crippen molar-refractivity contribution in [1.29, 1.82) is 0 Å². The van der Waals surface area contributed by atoms with Crippen molar-refractivity contribution in [2.24, 2.45) is 0 Å². The molecule has 6 nitrogen and oxygen atoms in total. The second kappa shape index (κ2) is 8.98. The molecule has 140 valence electrons. The molecule has 3 aromatic rings. The van der Waals surface area contributed by atoms with E-state index in [0.29, 0.717) is 12.3 Å². The number of hydrogen-bond acceptors (Lipinski definition) is 5. The molecule has 1 N–H and O–H groups in total. The monoisotopic (exact) mass is 365 g/mol. The van der Waals surface area contributed by atoms with Gasteiger partial charge in [0.15, 0.2) is 0 Å². The molecule has 0 aliphatic heterocycles. The SMILES string of the molecule is CCC(Cc1ccccc1)NC(=O)c1nnc(Cc2ccccc2OC)o1. The molecule has 1 unspecified atom stereocenters. The van der Waals surface area contributed by atoms with Gasteiger partial charge in [-0.1, -0.05) is 55.5 Å². The molecule has 0 bridgehead atoms. The fourth-order valence-corrected chi connectivity index (χ4v) is 2.87. The van der Waals surface area contributed by atoms with Gasteiger partial charge in [0.2, 0.25) is 5.89 Å². The summed E-state index contributed by atoms with van der Waals surface area (Å²) in [6.45, 7) is 2.04. The fourth-order valence-electron chi connectivity index (χ4n) is 2.87. The maximum absolute atomic E-state index is 12.5. The van der Waals surface area contributed by atoms with Crippen LogP contribution in [0.4, 0.5) is 0 Å². The van der Waals surface area contributed by atoms with Gasteiger partial charge in [-0.05, 0) is 24.5 Å². The third-order valence-electron chi connectivity index (χ3n) is 4.35. The smallest absolute Gasteiger partial charge is 0.309 e. The van der Waals surface area contributed by atoms with E-state index in [0.717, 1.165) is 24.2 Å². The van der Waals surface area contributed by atoms with Crippen LogP contribution in [-0.4, -0.2) is 29.3 Å². The number of benzene rings is 2. The molecule has 2 aromatic carbocycles. The van der Waals surface area contributed by atoms with Crippen LogP contribution < -0.4 is 10.1 Å². The minimum Gasteiger partial charge on any atom is -0.496 e. The topological polar surface area (TPSA) is 77.2 Å². The summed E-state index contributed by atoms with van der Waals surface area (Å²) in [7, 11) is 1.61. The first-order chi connectivity index (χ1) is 13.2. The summed E-state index contributed by atoms with van der Waals surface area (Å²) in [5, 5.41) is 10.9. The maximum Gasteiger partial charge on any atom is 0.309 e. The van der Waals surface area contributed by atoms with Crippen LogP contribution in [0, 0.1) is 0 Å². The Morgan fingerprint density at radius 3 is 2.59 bits per heavy atom. The summed E-state index contributed by atoms with van der Waals surface area (Å²) in [6.07, 6.45) is 1.97. The summed E-state index contributed by atoms with van der Waals surface area (Å²) in [5.41, 5.74) is 2.10. The molecular weight excluding hydrogens is 342 g/mol. The highest BCUT2D eigenvalue weighted by Crippen LogP contribution is 2.20. The second-order valence-electron chi connectivity index (χ2n) is 6.26. The Morgan fingerprint density at radius 2 is 1.85 bits per heavy atom. The zero-order chi connectivity index (χ0) is 19.1.